The predicted molar refractivity (Wildman–Crippen MR) is 133 cm³/mol. The minimum atomic E-state index is -0.623. The van der Waals surface area contributed by atoms with Crippen LogP contribution in [0.25, 0.3) is 11.0 Å². The molecule has 1 unspecified atom stereocenters. The Morgan fingerprint density at radius 3 is 2.56 bits per heavy atom. The average Bonchev–Trinajstić information content (AvgIpc) is 3.16. The number of carbonyl (C=O) groups excluding carboxylic acids is 2. The third-order valence-electron chi connectivity index (χ3n) is 6.48. The van der Waals surface area contributed by atoms with Gasteiger partial charge in [-0.25, -0.2) is 0 Å². The van der Waals surface area contributed by atoms with Crippen LogP contribution in [0.2, 0.25) is 5.02 Å². The quantitative estimate of drug-likeness (QED) is 0.494. The number of hydrogen-bond donors (Lipinski definition) is 1. The van der Waals surface area contributed by atoms with E-state index in [1.807, 2.05) is 0 Å². The first kappa shape index (κ1) is 24.3. The molecule has 1 atom stereocenters. The van der Waals surface area contributed by atoms with E-state index < -0.39 is 11.9 Å². The lowest BCUT2D eigenvalue weighted by atomic mass is 9.98. The molecule has 2 aliphatic rings. The Labute approximate surface area is 212 Å². The highest BCUT2D eigenvalue weighted by Crippen LogP contribution is 2.39. The van der Waals surface area contributed by atoms with Crippen LogP contribution in [-0.4, -0.2) is 67.6 Å². The summed E-state index contributed by atoms with van der Waals surface area (Å²) >= 11 is 6.15. The number of benzene rings is 2. The van der Waals surface area contributed by atoms with Crippen molar-refractivity contribution in [2.24, 2.45) is 5.73 Å². The van der Waals surface area contributed by atoms with E-state index >= 15 is 0 Å². The van der Waals surface area contributed by atoms with Gasteiger partial charge >= 0.3 is 0 Å². The second kappa shape index (κ2) is 10.3. The molecule has 2 amide bonds. The van der Waals surface area contributed by atoms with Crippen LogP contribution in [0.1, 0.15) is 34.1 Å². The molecule has 1 aromatic heterocycles. The zero-order chi connectivity index (χ0) is 25.2. The summed E-state index contributed by atoms with van der Waals surface area (Å²) in [5, 5.41) is 0.740. The van der Waals surface area contributed by atoms with Crippen LogP contribution >= 0.6 is 11.6 Å². The molecule has 2 aliphatic heterocycles. The van der Waals surface area contributed by atoms with Gasteiger partial charge in [-0.2, -0.15) is 0 Å². The van der Waals surface area contributed by atoms with Crippen molar-refractivity contribution < 1.29 is 23.5 Å². The normalized spacial score (nSPS) is 18.0. The molecule has 0 radical (unpaired) electrons. The van der Waals surface area contributed by atoms with Gasteiger partial charge in [0.05, 0.1) is 30.2 Å². The number of halogens is 1. The molecular weight excluding hydrogens is 486 g/mol. The summed E-state index contributed by atoms with van der Waals surface area (Å²) in [4.78, 5) is 42.2. The number of fused-ring (bicyclic) bond motifs is 2. The van der Waals surface area contributed by atoms with Crippen molar-refractivity contribution in [1.29, 1.82) is 0 Å². The van der Waals surface area contributed by atoms with E-state index in [4.69, 9.17) is 31.2 Å². The summed E-state index contributed by atoms with van der Waals surface area (Å²) < 4.78 is 16.7. The van der Waals surface area contributed by atoms with E-state index in [9.17, 15) is 14.4 Å². The number of carbonyl (C=O) groups is 2. The lowest BCUT2D eigenvalue weighted by Crippen LogP contribution is -2.38. The highest BCUT2D eigenvalue weighted by Gasteiger charge is 2.42. The van der Waals surface area contributed by atoms with Crippen molar-refractivity contribution in [3.05, 3.63) is 74.6 Å². The van der Waals surface area contributed by atoms with Gasteiger partial charge in [-0.15, -0.1) is 0 Å². The predicted octanol–water partition coefficient (Wildman–Crippen LogP) is 2.58. The van der Waals surface area contributed by atoms with E-state index in [1.54, 1.807) is 47.4 Å². The molecule has 188 valence electrons. The van der Waals surface area contributed by atoms with E-state index in [2.05, 4.69) is 4.90 Å². The fourth-order valence-electron chi connectivity index (χ4n) is 4.76. The molecule has 2 aromatic carbocycles. The second-order valence-electron chi connectivity index (χ2n) is 8.85. The Bertz CT molecular complexity index is 1350. The summed E-state index contributed by atoms with van der Waals surface area (Å²) in [5.41, 5.74) is 6.22. The lowest BCUT2D eigenvalue weighted by molar-refractivity contribution is -0.119. The van der Waals surface area contributed by atoms with Crippen molar-refractivity contribution in [3.8, 4) is 5.75 Å². The highest BCUT2D eigenvalue weighted by atomic mass is 35.5. The molecule has 3 heterocycles. The van der Waals surface area contributed by atoms with E-state index in [0.29, 0.717) is 47.1 Å². The van der Waals surface area contributed by atoms with Crippen LogP contribution in [0, 0.1) is 0 Å². The fourth-order valence-corrected chi connectivity index (χ4v) is 4.93. The monoisotopic (exact) mass is 511 g/mol. The number of ether oxygens (including phenoxy) is 2. The molecular formula is C26H26ClN3O6. The smallest absolute Gasteiger partial charge is 0.290 e. The number of nitrogens with two attached hydrogens (primary N) is 1. The average molecular weight is 512 g/mol. The van der Waals surface area contributed by atoms with Crippen LogP contribution in [-0.2, 0) is 9.53 Å². The Hall–Kier alpha value is -3.40. The van der Waals surface area contributed by atoms with Gasteiger partial charge in [0, 0.05) is 31.2 Å². The van der Waals surface area contributed by atoms with Crippen molar-refractivity contribution in [3.63, 3.8) is 0 Å². The summed E-state index contributed by atoms with van der Waals surface area (Å²) in [6, 6.07) is 11.1. The zero-order valence-corrected chi connectivity index (χ0v) is 20.3. The number of amides is 2. The Morgan fingerprint density at radius 2 is 1.83 bits per heavy atom. The summed E-state index contributed by atoms with van der Waals surface area (Å²) in [7, 11) is 0. The van der Waals surface area contributed by atoms with Crippen molar-refractivity contribution in [2.45, 2.75) is 12.5 Å². The molecule has 10 heteroatoms. The minimum Gasteiger partial charge on any atom is -0.484 e. The van der Waals surface area contributed by atoms with Crippen LogP contribution < -0.4 is 15.9 Å². The SMILES string of the molecule is NC(=O)COc1ccc(C2c3c(oc4ccc(Cl)cc4c3=O)C(=O)N2CCCN2CCOCC2)cc1. The number of nitrogens with zero attached hydrogens (tertiary/aromatic N) is 2. The molecule has 9 nitrogen and oxygen atoms in total. The molecule has 0 aliphatic carbocycles. The third-order valence-corrected chi connectivity index (χ3v) is 6.72. The van der Waals surface area contributed by atoms with Crippen LogP contribution in [0.15, 0.2) is 51.7 Å². The first-order valence-electron chi connectivity index (χ1n) is 11.8. The van der Waals surface area contributed by atoms with Gasteiger partial charge in [0.2, 0.25) is 5.76 Å². The minimum absolute atomic E-state index is 0.0558. The van der Waals surface area contributed by atoms with E-state index in [-0.39, 0.29) is 23.7 Å². The number of rotatable bonds is 8. The largest absolute Gasteiger partial charge is 0.484 e. The zero-order valence-electron chi connectivity index (χ0n) is 19.6. The molecule has 36 heavy (non-hydrogen) atoms. The maximum absolute atomic E-state index is 13.6. The Balaban J connectivity index is 1.49. The van der Waals surface area contributed by atoms with Gasteiger partial charge in [-0.1, -0.05) is 23.7 Å². The molecule has 0 bridgehead atoms. The molecule has 5 rings (SSSR count). The molecule has 0 saturated carbocycles. The molecule has 3 aromatic rings. The number of primary amides is 1. The number of hydrogen-bond acceptors (Lipinski definition) is 7. The summed E-state index contributed by atoms with van der Waals surface area (Å²) in [6.07, 6.45) is 0.732. The lowest BCUT2D eigenvalue weighted by Gasteiger charge is -2.29. The van der Waals surface area contributed by atoms with Gasteiger partial charge in [-0.05, 0) is 42.3 Å². The van der Waals surface area contributed by atoms with Gasteiger partial charge < -0.3 is 24.5 Å². The maximum Gasteiger partial charge on any atom is 0.290 e. The van der Waals surface area contributed by atoms with Crippen molar-refractivity contribution in [1.82, 2.24) is 9.80 Å². The topological polar surface area (TPSA) is 115 Å². The van der Waals surface area contributed by atoms with Gasteiger partial charge in [0.1, 0.15) is 11.3 Å². The third kappa shape index (κ3) is 4.82. The summed E-state index contributed by atoms with van der Waals surface area (Å²) in [6.45, 7) is 4.14. The van der Waals surface area contributed by atoms with Gasteiger partial charge in [0.25, 0.3) is 11.8 Å². The van der Waals surface area contributed by atoms with Crippen molar-refractivity contribution in [2.75, 3.05) is 46.0 Å². The number of morpholine rings is 1. The van der Waals surface area contributed by atoms with Crippen LogP contribution in [0.4, 0.5) is 0 Å². The highest BCUT2D eigenvalue weighted by molar-refractivity contribution is 6.31. The van der Waals surface area contributed by atoms with Gasteiger partial charge in [-0.3, -0.25) is 19.3 Å². The molecule has 1 saturated heterocycles. The first-order valence-corrected chi connectivity index (χ1v) is 12.2. The molecule has 1 fully saturated rings. The van der Waals surface area contributed by atoms with Crippen LogP contribution in [0.5, 0.6) is 5.75 Å². The maximum atomic E-state index is 13.6. The Morgan fingerprint density at radius 1 is 1.08 bits per heavy atom. The fraction of sp³-hybridized carbons (Fsp3) is 0.346. The standard InChI is InChI=1S/C26H26ClN3O6/c27-17-4-7-20-19(14-17)24(32)22-23(16-2-5-18(6-3-16)35-15-21(28)31)30(26(33)25(22)36-20)9-1-8-29-10-12-34-13-11-29/h2-7,14,23H,1,8-13,15H2,(H2,28,31). The summed E-state index contributed by atoms with van der Waals surface area (Å²) in [5.74, 6) is -0.387. The van der Waals surface area contributed by atoms with E-state index in [0.717, 1.165) is 31.6 Å². The van der Waals surface area contributed by atoms with E-state index in [1.165, 1.54) is 0 Å². The molecule has 2 N–H and O–H groups in total. The Kier molecular flexibility index (Phi) is 6.95. The van der Waals surface area contributed by atoms with Gasteiger partial charge in [0.15, 0.2) is 12.0 Å². The molecule has 0 spiro atoms. The van der Waals surface area contributed by atoms with Crippen LogP contribution in [0.3, 0.4) is 0 Å². The second-order valence-corrected chi connectivity index (χ2v) is 9.28. The first-order chi connectivity index (χ1) is 17.4. The van der Waals surface area contributed by atoms with Crippen molar-refractivity contribution >= 4 is 34.4 Å².